The molecule has 0 N–H and O–H groups in total. The van der Waals surface area contributed by atoms with Gasteiger partial charge in [-0.2, -0.15) is 0 Å². The molecule has 0 aliphatic carbocycles. The summed E-state index contributed by atoms with van der Waals surface area (Å²) in [6, 6.07) is 3.56. The van der Waals surface area contributed by atoms with Crippen LogP contribution in [0.1, 0.15) is 6.92 Å². The van der Waals surface area contributed by atoms with Gasteiger partial charge in [-0.15, -0.1) is 0 Å². The van der Waals surface area contributed by atoms with Crippen molar-refractivity contribution in [1.29, 1.82) is 0 Å². The Balaban J connectivity index is 1.75. The lowest BCUT2D eigenvalue weighted by molar-refractivity contribution is -0.145. The van der Waals surface area contributed by atoms with E-state index < -0.39 is 5.97 Å². The Morgan fingerprint density at radius 2 is 2.14 bits per heavy atom. The predicted molar refractivity (Wildman–Crippen MR) is 78.3 cm³/mol. The molecule has 0 bridgehead atoms. The molecule has 0 saturated heterocycles. The lowest BCUT2D eigenvalue weighted by Gasteiger charge is -2.06. The lowest BCUT2D eigenvalue weighted by Crippen LogP contribution is -2.14. The molecule has 7 nitrogen and oxygen atoms in total. The van der Waals surface area contributed by atoms with Crippen LogP contribution in [0.5, 0.6) is 5.88 Å². The van der Waals surface area contributed by atoms with Crippen LogP contribution in [0, 0.1) is 0 Å². The number of carbonyl (C=O) groups is 1. The van der Waals surface area contributed by atoms with Crippen molar-refractivity contribution in [2.24, 2.45) is 0 Å². The van der Waals surface area contributed by atoms with Crippen molar-refractivity contribution in [1.82, 2.24) is 19.4 Å². The molecule has 0 aliphatic rings. The number of carbonyl (C=O) groups excluding carboxylic acids is 1. The van der Waals surface area contributed by atoms with Crippen LogP contribution in [0.4, 0.5) is 0 Å². The zero-order valence-electron chi connectivity index (χ0n) is 12.0. The van der Waals surface area contributed by atoms with Gasteiger partial charge in [0, 0.05) is 30.2 Å². The molecule has 7 heteroatoms. The number of imidazole rings is 1. The third kappa shape index (κ3) is 2.88. The van der Waals surface area contributed by atoms with Gasteiger partial charge in [-0.3, -0.25) is 9.38 Å². The molecule has 3 rings (SSSR count). The molecule has 3 aromatic heterocycles. The average Bonchev–Trinajstić information content (AvgIpc) is 2.98. The first-order valence-corrected chi connectivity index (χ1v) is 6.80. The fourth-order valence-corrected chi connectivity index (χ4v) is 2.01. The quantitative estimate of drug-likeness (QED) is 0.667. The molecular weight excluding hydrogens is 284 g/mol. The SMILES string of the molecule is CCOC(=O)COc1ccc(-c2cnc3cnccn23)cn1. The molecule has 0 unspecified atom stereocenters. The van der Waals surface area contributed by atoms with Crippen LogP contribution >= 0.6 is 0 Å². The first kappa shape index (κ1) is 14.0. The number of ether oxygens (including phenoxy) is 2. The van der Waals surface area contributed by atoms with Crippen molar-refractivity contribution in [3.63, 3.8) is 0 Å². The van der Waals surface area contributed by atoms with E-state index in [2.05, 4.69) is 15.0 Å². The minimum absolute atomic E-state index is 0.151. The number of fused-ring (bicyclic) bond motifs is 1. The Morgan fingerprint density at radius 3 is 2.91 bits per heavy atom. The maximum atomic E-state index is 11.2. The second kappa shape index (κ2) is 6.21. The smallest absolute Gasteiger partial charge is 0.344 e. The molecule has 0 atom stereocenters. The van der Waals surface area contributed by atoms with E-state index in [1.807, 2.05) is 16.7 Å². The van der Waals surface area contributed by atoms with E-state index in [-0.39, 0.29) is 6.61 Å². The van der Waals surface area contributed by atoms with E-state index in [4.69, 9.17) is 9.47 Å². The van der Waals surface area contributed by atoms with Crippen molar-refractivity contribution in [3.05, 3.63) is 43.1 Å². The van der Waals surface area contributed by atoms with E-state index in [1.54, 1.807) is 37.8 Å². The maximum absolute atomic E-state index is 11.2. The van der Waals surface area contributed by atoms with E-state index in [9.17, 15) is 4.79 Å². The molecule has 0 fully saturated rings. The third-order valence-corrected chi connectivity index (χ3v) is 2.99. The second-order valence-electron chi connectivity index (χ2n) is 4.43. The first-order chi connectivity index (χ1) is 10.8. The van der Waals surface area contributed by atoms with Gasteiger partial charge in [0.25, 0.3) is 0 Å². The fourth-order valence-electron chi connectivity index (χ4n) is 2.01. The molecule has 0 amide bonds. The lowest BCUT2D eigenvalue weighted by atomic mass is 10.2. The first-order valence-electron chi connectivity index (χ1n) is 6.80. The summed E-state index contributed by atoms with van der Waals surface area (Å²) < 4.78 is 12.0. The Kier molecular flexibility index (Phi) is 3.95. The Bertz CT molecular complexity index is 783. The summed E-state index contributed by atoms with van der Waals surface area (Å²) in [4.78, 5) is 23.7. The van der Waals surface area contributed by atoms with Crippen LogP contribution in [0.25, 0.3) is 16.9 Å². The Morgan fingerprint density at radius 1 is 1.23 bits per heavy atom. The molecule has 0 radical (unpaired) electrons. The number of hydrogen-bond donors (Lipinski definition) is 0. The van der Waals surface area contributed by atoms with Crippen LogP contribution in [0.2, 0.25) is 0 Å². The number of esters is 1. The highest BCUT2D eigenvalue weighted by molar-refractivity contribution is 5.71. The van der Waals surface area contributed by atoms with Crippen molar-refractivity contribution in [2.45, 2.75) is 6.92 Å². The molecule has 3 aromatic rings. The largest absolute Gasteiger partial charge is 0.466 e. The highest BCUT2D eigenvalue weighted by Gasteiger charge is 2.08. The number of aromatic nitrogens is 4. The minimum Gasteiger partial charge on any atom is -0.466 e. The molecule has 0 aliphatic heterocycles. The van der Waals surface area contributed by atoms with Gasteiger partial charge >= 0.3 is 5.97 Å². The van der Waals surface area contributed by atoms with Gasteiger partial charge in [-0.1, -0.05) is 0 Å². The Hall–Kier alpha value is -2.96. The van der Waals surface area contributed by atoms with Crippen LogP contribution in [-0.4, -0.2) is 38.5 Å². The summed E-state index contributed by atoms with van der Waals surface area (Å²) in [7, 11) is 0. The van der Waals surface area contributed by atoms with E-state index >= 15 is 0 Å². The van der Waals surface area contributed by atoms with E-state index in [1.165, 1.54) is 0 Å². The van der Waals surface area contributed by atoms with Gasteiger partial charge in [-0.05, 0) is 13.0 Å². The third-order valence-electron chi connectivity index (χ3n) is 2.99. The summed E-state index contributed by atoms with van der Waals surface area (Å²) in [6.45, 7) is 1.93. The summed E-state index contributed by atoms with van der Waals surface area (Å²) in [5, 5.41) is 0. The van der Waals surface area contributed by atoms with Crippen LogP contribution < -0.4 is 4.74 Å². The highest BCUT2D eigenvalue weighted by Crippen LogP contribution is 2.21. The van der Waals surface area contributed by atoms with Crippen LogP contribution in [-0.2, 0) is 9.53 Å². The monoisotopic (exact) mass is 298 g/mol. The van der Waals surface area contributed by atoms with Gasteiger partial charge < -0.3 is 9.47 Å². The molecule has 3 heterocycles. The average molecular weight is 298 g/mol. The van der Waals surface area contributed by atoms with E-state index in [0.717, 1.165) is 16.9 Å². The fraction of sp³-hybridized carbons (Fsp3) is 0.200. The number of pyridine rings is 1. The minimum atomic E-state index is -0.414. The molecule has 0 aromatic carbocycles. The Labute approximate surface area is 126 Å². The van der Waals surface area contributed by atoms with E-state index in [0.29, 0.717) is 12.5 Å². The number of nitrogens with zero attached hydrogens (tertiary/aromatic N) is 4. The highest BCUT2D eigenvalue weighted by atomic mass is 16.6. The second-order valence-corrected chi connectivity index (χ2v) is 4.43. The van der Waals surface area contributed by atoms with Crippen molar-refractivity contribution >= 4 is 11.6 Å². The zero-order chi connectivity index (χ0) is 15.4. The number of hydrogen-bond acceptors (Lipinski definition) is 6. The molecule has 0 saturated carbocycles. The number of rotatable bonds is 5. The van der Waals surface area contributed by atoms with Gasteiger partial charge in [0.05, 0.1) is 24.7 Å². The molecule has 0 spiro atoms. The standard InChI is InChI=1S/C15H14N4O3/c1-2-21-15(20)10-22-14-4-3-11(7-18-14)12-8-17-13-9-16-5-6-19(12)13/h3-9H,2,10H2,1H3. The van der Waals surface area contributed by atoms with Crippen molar-refractivity contribution < 1.29 is 14.3 Å². The van der Waals surface area contributed by atoms with Gasteiger partial charge in [0.2, 0.25) is 5.88 Å². The van der Waals surface area contributed by atoms with Gasteiger partial charge in [-0.25, -0.2) is 14.8 Å². The molecule has 112 valence electrons. The molecular formula is C15H14N4O3. The topological polar surface area (TPSA) is 78.6 Å². The van der Waals surface area contributed by atoms with Gasteiger partial charge in [0.15, 0.2) is 12.3 Å². The zero-order valence-corrected chi connectivity index (χ0v) is 12.0. The van der Waals surface area contributed by atoms with Crippen molar-refractivity contribution in [2.75, 3.05) is 13.2 Å². The normalized spacial score (nSPS) is 10.6. The summed E-state index contributed by atoms with van der Waals surface area (Å²) in [5.41, 5.74) is 2.56. The van der Waals surface area contributed by atoms with Crippen LogP contribution in [0.3, 0.4) is 0 Å². The maximum Gasteiger partial charge on any atom is 0.344 e. The van der Waals surface area contributed by atoms with Crippen molar-refractivity contribution in [3.8, 4) is 17.1 Å². The summed E-state index contributed by atoms with van der Waals surface area (Å²) in [6.07, 6.45) is 8.65. The molecule has 22 heavy (non-hydrogen) atoms. The van der Waals surface area contributed by atoms with Crippen LogP contribution in [0.15, 0.2) is 43.1 Å². The summed E-state index contributed by atoms with van der Waals surface area (Å²) in [5.74, 6) is -0.0463. The summed E-state index contributed by atoms with van der Waals surface area (Å²) >= 11 is 0. The predicted octanol–water partition coefficient (Wildman–Crippen LogP) is 1.73. The van der Waals surface area contributed by atoms with Gasteiger partial charge in [0.1, 0.15) is 0 Å².